The van der Waals surface area contributed by atoms with Gasteiger partial charge in [0.1, 0.15) is 0 Å². The first kappa shape index (κ1) is 16.5. The van der Waals surface area contributed by atoms with E-state index in [1.165, 1.54) is 19.8 Å². The Bertz CT molecular complexity index is 513. The number of hydrogen-bond donors (Lipinski definition) is 3. The molecule has 22 heavy (non-hydrogen) atoms. The van der Waals surface area contributed by atoms with E-state index in [0.717, 1.165) is 24.1 Å². The van der Waals surface area contributed by atoms with E-state index < -0.39 is 0 Å². The Labute approximate surface area is 131 Å². The molecule has 1 aliphatic carbocycles. The van der Waals surface area contributed by atoms with Crippen molar-refractivity contribution in [1.82, 2.24) is 5.32 Å². The highest BCUT2D eigenvalue weighted by atomic mass is 16.2. The molecule has 1 fully saturated rings. The summed E-state index contributed by atoms with van der Waals surface area (Å²) in [5, 5.41) is 5.66. The van der Waals surface area contributed by atoms with Gasteiger partial charge >= 0.3 is 0 Å². The molecule has 120 valence electrons. The number of benzene rings is 1. The second kappa shape index (κ2) is 7.94. The van der Waals surface area contributed by atoms with E-state index in [2.05, 4.69) is 10.6 Å². The number of anilines is 1. The van der Waals surface area contributed by atoms with Gasteiger partial charge in [-0.15, -0.1) is 0 Å². The SMILES string of the molecule is CC(=O)Nc1ccc(CNC(=O)CC2CCCCC2N)cc1. The smallest absolute Gasteiger partial charge is 0.221 e. The number of carbonyl (C=O) groups excluding carboxylic acids is 2. The first-order valence-corrected chi connectivity index (χ1v) is 7.93. The van der Waals surface area contributed by atoms with E-state index in [4.69, 9.17) is 5.73 Å². The van der Waals surface area contributed by atoms with Gasteiger partial charge in [-0.1, -0.05) is 25.0 Å². The molecule has 0 saturated heterocycles. The summed E-state index contributed by atoms with van der Waals surface area (Å²) in [5.74, 6) is 0.286. The molecule has 0 bridgehead atoms. The van der Waals surface area contributed by atoms with Crippen molar-refractivity contribution in [2.45, 2.75) is 51.6 Å². The average molecular weight is 303 g/mol. The molecule has 4 N–H and O–H groups in total. The molecular weight excluding hydrogens is 278 g/mol. The summed E-state index contributed by atoms with van der Waals surface area (Å²) in [6.45, 7) is 1.98. The Hall–Kier alpha value is -1.88. The summed E-state index contributed by atoms with van der Waals surface area (Å²) in [5.41, 5.74) is 7.85. The zero-order valence-corrected chi connectivity index (χ0v) is 13.1. The van der Waals surface area contributed by atoms with Gasteiger partial charge in [-0.25, -0.2) is 0 Å². The fraction of sp³-hybridized carbons (Fsp3) is 0.529. The number of rotatable bonds is 5. The van der Waals surface area contributed by atoms with E-state index in [9.17, 15) is 9.59 Å². The maximum atomic E-state index is 12.0. The van der Waals surface area contributed by atoms with Crippen LogP contribution in [0.4, 0.5) is 5.69 Å². The lowest BCUT2D eigenvalue weighted by Crippen LogP contribution is -2.36. The van der Waals surface area contributed by atoms with Crippen molar-refractivity contribution in [3.63, 3.8) is 0 Å². The standard InChI is InChI=1S/C17H25N3O2/c1-12(21)20-15-8-6-13(7-9-15)11-19-17(22)10-14-4-2-3-5-16(14)18/h6-9,14,16H,2-5,10-11,18H2,1H3,(H,19,22)(H,20,21). The minimum absolute atomic E-state index is 0.0632. The first-order chi connectivity index (χ1) is 10.5. The second-order valence-electron chi connectivity index (χ2n) is 6.07. The van der Waals surface area contributed by atoms with Crippen molar-refractivity contribution >= 4 is 17.5 Å². The van der Waals surface area contributed by atoms with Crippen LogP contribution in [0, 0.1) is 5.92 Å². The van der Waals surface area contributed by atoms with Gasteiger partial charge in [0.05, 0.1) is 0 Å². The topological polar surface area (TPSA) is 84.2 Å². The van der Waals surface area contributed by atoms with Crippen LogP contribution < -0.4 is 16.4 Å². The molecule has 1 aliphatic rings. The monoisotopic (exact) mass is 303 g/mol. The largest absolute Gasteiger partial charge is 0.352 e. The van der Waals surface area contributed by atoms with Crippen molar-refractivity contribution in [2.24, 2.45) is 11.7 Å². The average Bonchev–Trinajstić information content (AvgIpc) is 2.48. The lowest BCUT2D eigenvalue weighted by Gasteiger charge is -2.27. The molecule has 0 radical (unpaired) electrons. The molecule has 1 aromatic rings. The molecule has 0 heterocycles. The van der Waals surface area contributed by atoms with Gasteiger partial charge < -0.3 is 16.4 Å². The molecule has 1 aromatic carbocycles. The Kier molecular flexibility index (Phi) is 5.95. The van der Waals surface area contributed by atoms with Gasteiger partial charge in [0.25, 0.3) is 0 Å². The summed E-state index contributed by atoms with van der Waals surface area (Å²) in [4.78, 5) is 23.0. The van der Waals surface area contributed by atoms with Gasteiger partial charge in [0, 0.05) is 31.6 Å². The fourth-order valence-corrected chi connectivity index (χ4v) is 2.91. The van der Waals surface area contributed by atoms with Crippen LogP contribution in [-0.4, -0.2) is 17.9 Å². The minimum atomic E-state index is -0.0927. The number of nitrogens with two attached hydrogens (primary N) is 1. The van der Waals surface area contributed by atoms with Gasteiger partial charge in [-0.05, 0) is 36.5 Å². The van der Waals surface area contributed by atoms with Gasteiger partial charge in [-0.2, -0.15) is 0 Å². The van der Waals surface area contributed by atoms with Gasteiger partial charge in [-0.3, -0.25) is 9.59 Å². The van der Waals surface area contributed by atoms with E-state index in [-0.39, 0.29) is 17.9 Å². The predicted molar refractivity (Wildman–Crippen MR) is 87.1 cm³/mol. The third-order valence-corrected chi connectivity index (χ3v) is 4.18. The Morgan fingerprint density at radius 2 is 1.86 bits per heavy atom. The summed E-state index contributed by atoms with van der Waals surface area (Å²) in [6, 6.07) is 7.63. The molecule has 2 rings (SSSR count). The van der Waals surface area contributed by atoms with Crippen LogP contribution in [0.15, 0.2) is 24.3 Å². The van der Waals surface area contributed by atoms with Crippen molar-refractivity contribution in [2.75, 3.05) is 5.32 Å². The van der Waals surface area contributed by atoms with Crippen LogP contribution in [0.1, 0.15) is 44.6 Å². The molecule has 0 aromatic heterocycles. The minimum Gasteiger partial charge on any atom is -0.352 e. The van der Waals surface area contributed by atoms with E-state index in [0.29, 0.717) is 18.9 Å². The third kappa shape index (κ3) is 5.15. The summed E-state index contributed by atoms with van der Waals surface area (Å²) in [7, 11) is 0. The molecule has 0 aliphatic heterocycles. The summed E-state index contributed by atoms with van der Waals surface area (Å²) in [6.07, 6.45) is 4.96. The number of nitrogens with one attached hydrogen (secondary N) is 2. The Balaban J connectivity index is 1.77. The van der Waals surface area contributed by atoms with Crippen molar-refractivity contribution in [3.8, 4) is 0 Å². The highest BCUT2D eigenvalue weighted by Crippen LogP contribution is 2.25. The van der Waals surface area contributed by atoms with Crippen LogP contribution in [0.3, 0.4) is 0 Å². The normalized spacial score (nSPS) is 21.2. The molecule has 2 amide bonds. The highest BCUT2D eigenvalue weighted by molar-refractivity contribution is 5.88. The van der Waals surface area contributed by atoms with Crippen LogP contribution in [0.5, 0.6) is 0 Å². The zero-order valence-electron chi connectivity index (χ0n) is 13.1. The summed E-state index contributed by atoms with van der Waals surface area (Å²) < 4.78 is 0. The molecule has 2 unspecified atom stereocenters. The predicted octanol–water partition coefficient (Wildman–Crippen LogP) is 2.17. The van der Waals surface area contributed by atoms with E-state index in [1.54, 1.807) is 0 Å². The molecule has 1 saturated carbocycles. The Morgan fingerprint density at radius 3 is 2.50 bits per heavy atom. The van der Waals surface area contributed by atoms with Gasteiger partial charge in [0.2, 0.25) is 11.8 Å². The summed E-state index contributed by atoms with van der Waals surface area (Å²) >= 11 is 0. The fourth-order valence-electron chi connectivity index (χ4n) is 2.91. The molecular formula is C17H25N3O2. The van der Waals surface area contributed by atoms with Crippen molar-refractivity contribution in [1.29, 1.82) is 0 Å². The molecule has 5 heteroatoms. The Morgan fingerprint density at radius 1 is 1.18 bits per heavy atom. The second-order valence-corrected chi connectivity index (χ2v) is 6.07. The molecule has 0 spiro atoms. The lowest BCUT2D eigenvalue weighted by atomic mass is 9.83. The van der Waals surface area contributed by atoms with Crippen LogP contribution in [0.2, 0.25) is 0 Å². The molecule has 5 nitrogen and oxygen atoms in total. The highest BCUT2D eigenvalue weighted by Gasteiger charge is 2.23. The maximum Gasteiger partial charge on any atom is 0.221 e. The maximum absolute atomic E-state index is 12.0. The van der Waals surface area contributed by atoms with Crippen LogP contribution >= 0.6 is 0 Å². The van der Waals surface area contributed by atoms with Gasteiger partial charge in [0.15, 0.2) is 0 Å². The zero-order chi connectivity index (χ0) is 15.9. The van der Waals surface area contributed by atoms with Crippen LogP contribution in [-0.2, 0) is 16.1 Å². The first-order valence-electron chi connectivity index (χ1n) is 7.93. The van der Waals surface area contributed by atoms with E-state index >= 15 is 0 Å². The third-order valence-electron chi connectivity index (χ3n) is 4.18. The number of carbonyl (C=O) groups is 2. The van der Waals surface area contributed by atoms with Crippen LogP contribution in [0.25, 0.3) is 0 Å². The van der Waals surface area contributed by atoms with Crippen molar-refractivity contribution < 1.29 is 9.59 Å². The number of amides is 2. The molecule has 2 atom stereocenters. The number of hydrogen-bond acceptors (Lipinski definition) is 3. The lowest BCUT2D eigenvalue weighted by molar-refractivity contribution is -0.122. The quantitative estimate of drug-likeness (QED) is 0.779. The van der Waals surface area contributed by atoms with E-state index in [1.807, 2.05) is 24.3 Å². The van der Waals surface area contributed by atoms with Crippen molar-refractivity contribution in [3.05, 3.63) is 29.8 Å².